The van der Waals surface area contributed by atoms with Crippen molar-refractivity contribution in [3.63, 3.8) is 0 Å². The van der Waals surface area contributed by atoms with Gasteiger partial charge in [-0.1, -0.05) is 26.8 Å². The average Bonchev–Trinajstić information content (AvgIpc) is 2.31. The van der Waals surface area contributed by atoms with Crippen LogP contribution in [0.4, 0.5) is 10.2 Å². The van der Waals surface area contributed by atoms with Gasteiger partial charge in [0.2, 0.25) is 0 Å². The van der Waals surface area contributed by atoms with Gasteiger partial charge in [-0.15, -0.1) is 0 Å². The predicted octanol–water partition coefficient (Wildman–Crippen LogP) is 4.02. The first kappa shape index (κ1) is 12.8. The smallest absolute Gasteiger partial charge is 0.132 e. The van der Waals surface area contributed by atoms with E-state index in [1.807, 2.05) is 20.0 Å². The number of aryl methyl sites for hydroxylation is 1. The van der Waals surface area contributed by atoms with Crippen molar-refractivity contribution >= 4 is 16.7 Å². The van der Waals surface area contributed by atoms with Crippen molar-refractivity contribution in [2.75, 3.05) is 12.4 Å². The van der Waals surface area contributed by atoms with Gasteiger partial charge in [-0.3, -0.25) is 0 Å². The Morgan fingerprint density at radius 3 is 2.44 bits per heavy atom. The molecule has 1 aromatic heterocycles. The fourth-order valence-corrected chi connectivity index (χ4v) is 2.13. The molecule has 2 nitrogen and oxygen atoms in total. The van der Waals surface area contributed by atoms with E-state index in [0.29, 0.717) is 5.39 Å². The number of pyridine rings is 1. The van der Waals surface area contributed by atoms with Gasteiger partial charge >= 0.3 is 0 Å². The van der Waals surface area contributed by atoms with Crippen LogP contribution >= 0.6 is 0 Å². The summed E-state index contributed by atoms with van der Waals surface area (Å²) in [4.78, 5) is 4.57. The molecule has 0 saturated carbocycles. The number of fused-ring (bicyclic) bond motifs is 1. The van der Waals surface area contributed by atoms with E-state index in [1.54, 1.807) is 6.07 Å². The van der Waals surface area contributed by atoms with Crippen molar-refractivity contribution in [3.05, 3.63) is 35.1 Å². The number of nitrogens with one attached hydrogen (secondary N) is 1. The number of nitrogens with zero attached hydrogens (tertiary/aromatic N) is 1. The molecular formula is C15H19FN2. The van der Waals surface area contributed by atoms with Crippen LogP contribution in [0.3, 0.4) is 0 Å². The summed E-state index contributed by atoms with van der Waals surface area (Å²) in [7, 11) is 1.85. The summed E-state index contributed by atoms with van der Waals surface area (Å²) >= 11 is 0. The lowest BCUT2D eigenvalue weighted by Crippen LogP contribution is -2.15. The topological polar surface area (TPSA) is 24.9 Å². The van der Waals surface area contributed by atoms with Gasteiger partial charge in [0, 0.05) is 18.0 Å². The van der Waals surface area contributed by atoms with Gasteiger partial charge in [-0.05, 0) is 30.0 Å². The summed E-state index contributed by atoms with van der Waals surface area (Å²) in [5.41, 5.74) is 2.67. The Morgan fingerprint density at radius 2 is 1.89 bits per heavy atom. The Bertz CT molecular complexity index is 597. The summed E-state index contributed by atoms with van der Waals surface area (Å²) in [6, 6.07) is 5.18. The molecule has 3 heteroatoms. The van der Waals surface area contributed by atoms with E-state index in [-0.39, 0.29) is 11.2 Å². The number of benzene rings is 1. The van der Waals surface area contributed by atoms with E-state index in [4.69, 9.17) is 0 Å². The molecule has 0 spiro atoms. The largest absolute Gasteiger partial charge is 0.373 e. The quantitative estimate of drug-likeness (QED) is 0.822. The van der Waals surface area contributed by atoms with Gasteiger partial charge in [0.15, 0.2) is 0 Å². The second-order valence-corrected chi connectivity index (χ2v) is 5.64. The van der Waals surface area contributed by atoms with Crippen molar-refractivity contribution in [3.8, 4) is 0 Å². The summed E-state index contributed by atoms with van der Waals surface area (Å²) in [6.07, 6.45) is 0. The van der Waals surface area contributed by atoms with Gasteiger partial charge < -0.3 is 5.32 Å². The lowest BCUT2D eigenvalue weighted by atomic mass is 9.86. The van der Waals surface area contributed by atoms with Crippen molar-refractivity contribution in [2.45, 2.75) is 33.1 Å². The minimum absolute atomic E-state index is 0.0737. The molecule has 0 aliphatic rings. The average molecular weight is 246 g/mol. The first-order valence-electron chi connectivity index (χ1n) is 6.12. The van der Waals surface area contributed by atoms with Crippen molar-refractivity contribution in [1.82, 2.24) is 4.98 Å². The van der Waals surface area contributed by atoms with E-state index in [1.165, 1.54) is 6.07 Å². The van der Waals surface area contributed by atoms with Crippen molar-refractivity contribution in [2.24, 2.45) is 0 Å². The van der Waals surface area contributed by atoms with E-state index >= 15 is 0 Å². The van der Waals surface area contributed by atoms with Crippen LogP contribution < -0.4 is 5.32 Å². The molecule has 0 atom stereocenters. The normalized spacial score (nSPS) is 11.9. The molecular weight excluding hydrogens is 227 g/mol. The Hall–Kier alpha value is -1.64. The molecule has 0 unspecified atom stereocenters. The van der Waals surface area contributed by atoms with Crippen LogP contribution in [0.25, 0.3) is 10.9 Å². The molecule has 2 rings (SSSR count). The molecule has 1 heterocycles. The molecule has 0 fully saturated rings. The highest BCUT2D eigenvalue weighted by molar-refractivity contribution is 5.85. The molecule has 0 amide bonds. The Balaban J connectivity index is 2.86. The van der Waals surface area contributed by atoms with Gasteiger partial charge in [-0.2, -0.15) is 0 Å². The lowest BCUT2D eigenvalue weighted by Gasteiger charge is -2.23. The molecule has 96 valence electrons. The van der Waals surface area contributed by atoms with Gasteiger partial charge in [0.25, 0.3) is 0 Å². The SMILES string of the molecule is CNc1nc2c(C)ccc(F)c2cc1C(C)(C)C. The van der Waals surface area contributed by atoms with E-state index in [2.05, 4.69) is 31.1 Å². The molecule has 1 aromatic carbocycles. The molecule has 0 saturated heterocycles. The third kappa shape index (κ3) is 2.05. The molecule has 0 bridgehead atoms. The fourth-order valence-electron chi connectivity index (χ4n) is 2.13. The third-order valence-electron chi connectivity index (χ3n) is 3.18. The number of anilines is 1. The first-order valence-corrected chi connectivity index (χ1v) is 6.12. The van der Waals surface area contributed by atoms with Crippen LogP contribution in [0, 0.1) is 12.7 Å². The van der Waals surface area contributed by atoms with Crippen LogP contribution in [0.1, 0.15) is 31.9 Å². The second-order valence-electron chi connectivity index (χ2n) is 5.64. The highest BCUT2D eigenvalue weighted by atomic mass is 19.1. The summed E-state index contributed by atoms with van der Waals surface area (Å²) < 4.78 is 13.9. The fraction of sp³-hybridized carbons (Fsp3) is 0.400. The highest BCUT2D eigenvalue weighted by Crippen LogP contribution is 2.32. The molecule has 1 N–H and O–H groups in total. The first-order chi connectivity index (χ1) is 8.34. The van der Waals surface area contributed by atoms with E-state index < -0.39 is 0 Å². The highest BCUT2D eigenvalue weighted by Gasteiger charge is 2.20. The number of rotatable bonds is 1. The van der Waals surface area contributed by atoms with Crippen LogP contribution in [-0.4, -0.2) is 12.0 Å². The summed E-state index contributed by atoms with van der Waals surface area (Å²) in [5, 5.41) is 3.70. The molecule has 0 aliphatic heterocycles. The predicted molar refractivity (Wildman–Crippen MR) is 74.7 cm³/mol. The number of aromatic nitrogens is 1. The van der Waals surface area contributed by atoms with E-state index in [0.717, 1.165) is 22.5 Å². The third-order valence-corrected chi connectivity index (χ3v) is 3.18. The van der Waals surface area contributed by atoms with Crippen LogP contribution in [0.5, 0.6) is 0 Å². The second kappa shape index (κ2) is 4.23. The molecule has 18 heavy (non-hydrogen) atoms. The monoisotopic (exact) mass is 246 g/mol. The zero-order valence-electron chi connectivity index (χ0n) is 11.6. The maximum atomic E-state index is 13.9. The zero-order chi connectivity index (χ0) is 13.5. The molecule has 0 aliphatic carbocycles. The Labute approximate surface area is 107 Å². The zero-order valence-corrected chi connectivity index (χ0v) is 11.6. The maximum absolute atomic E-state index is 13.9. The van der Waals surface area contributed by atoms with Crippen LogP contribution in [0.15, 0.2) is 18.2 Å². The number of hydrogen-bond acceptors (Lipinski definition) is 2. The minimum Gasteiger partial charge on any atom is -0.373 e. The van der Waals surface area contributed by atoms with Gasteiger partial charge in [0.1, 0.15) is 11.6 Å². The standard InChI is InChI=1S/C15H19FN2/c1-9-6-7-12(16)10-8-11(15(2,3)4)14(17-5)18-13(9)10/h6-8H,1-5H3,(H,17,18). The Morgan fingerprint density at radius 1 is 1.22 bits per heavy atom. The molecule has 2 aromatic rings. The van der Waals surface area contributed by atoms with Crippen molar-refractivity contribution < 1.29 is 4.39 Å². The summed E-state index contributed by atoms with van der Waals surface area (Å²) in [5.74, 6) is 0.611. The number of halogens is 1. The van der Waals surface area contributed by atoms with E-state index in [9.17, 15) is 4.39 Å². The minimum atomic E-state index is -0.212. The van der Waals surface area contributed by atoms with Gasteiger partial charge in [0.05, 0.1) is 5.52 Å². The van der Waals surface area contributed by atoms with Crippen molar-refractivity contribution in [1.29, 1.82) is 0 Å². The summed E-state index contributed by atoms with van der Waals surface area (Å²) in [6.45, 7) is 8.25. The van der Waals surface area contributed by atoms with Crippen LogP contribution in [-0.2, 0) is 5.41 Å². The number of hydrogen-bond donors (Lipinski definition) is 1. The Kier molecular flexibility index (Phi) is 3.01. The molecule has 0 radical (unpaired) electrons. The lowest BCUT2D eigenvalue weighted by molar-refractivity contribution is 0.589. The van der Waals surface area contributed by atoms with Gasteiger partial charge in [-0.25, -0.2) is 9.37 Å². The van der Waals surface area contributed by atoms with Crippen LogP contribution in [0.2, 0.25) is 0 Å². The maximum Gasteiger partial charge on any atom is 0.132 e.